The smallest absolute Gasteiger partial charge is 0.243 e. The summed E-state index contributed by atoms with van der Waals surface area (Å²) >= 11 is 0. The number of hydrogen-bond acceptors (Lipinski definition) is 5. The molecule has 0 spiro atoms. The van der Waals surface area contributed by atoms with Gasteiger partial charge in [0.05, 0.1) is 19.1 Å². The summed E-state index contributed by atoms with van der Waals surface area (Å²) in [7, 11) is -0.549. The summed E-state index contributed by atoms with van der Waals surface area (Å²) in [6.07, 6.45) is 0.795. The monoisotopic (exact) mass is 314 g/mol. The van der Waals surface area contributed by atoms with E-state index < -0.39 is 10.0 Å². The standard InChI is InChI=1S/C14H22N2O4S/c1-10-6-11(8-15)9-16(10)21(17,18)12-4-5-13(19-2)14(7-12)20-3/h4-5,7,10-11H,6,8-9,15H2,1-3H3. The molecule has 0 saturated carbocycles. The van der Waals surface area contributed by atoms with Crippen LogP contribution in [-0.4, -0.2) is 46.1 Å². The normalized spacial score (nSPS) is 23.2. The zero-order valence-electron chi connectivity index (χ0n) is 12.6. The van der Waals surface area contributed by atoms with Gasteiger partial charge >= 0.3 is 0 Å². The Bertz CT molecular complexity index is 603. The van der Waals surface area contributed by atoms with Crippen LogP contribution in [0.4, 0.5) is 0 Å². The van der Waals surface area contributed by atoms with Crippen molar-refractivity contribution < 1.29 is 17.9 Å². The fraction of sp³-hybridized carbons (Fsp3) is 0.571. The van der Waals surface area contributed by atoms with Crippen molar-refractivity contribution in [2.45, 2.75) is 24.3 Å². The van der Waals surface area contributed by atoms with E-state index in [-0.39, 0.29) is 16.9 Å². The first-order valence-corrected chi connectivity index (χ1v) is 8.32. The van der Waals surface area contributed by atoms with Crippen LogP contribution in [0.25, 0.3) is 0 Å². The number of hydrogen-bond donors (Lipinski definition) is 1. The van der Waals surface area contributed by atoms with Gasteiger partial charge in [-0.25, -0.2) is 8.42 Å². The fourth-order valence-electron chi connectivity index (χ4n) is 2.73. The summed E-state index contributed by atoms with van der Waals surface area (Å²) in [6, 6.07) is 4.60. The molecular formula is C14H22N2O4S. The van der Waals surface area contributed by atoms with Gasteiger partial charge in [0.15, 0.2) is 11.5 Å². The van der Waals surface area contributed by atoms with Crippen LogP contribution in [0.3, 0.4) is 0 Å². The van der Waals surface area contributed by atoms with E-state index in [1.807, 2.05) is 6.92 Å². The lowest BCUT2D eigenvalue weighted by molar-refractivity contribution is 0.353. The topological polar surface area (TPSA) is 81.9 Å². The van der Waals surface area contributed by atoms with E-state index in [1.54, 1.807) is 12.1 Å². The molecule has 1 aromatic carbocycles. The Balaban J connectivity index is 2.36. The molecule has 7 heteroatoms. The second-order valence-electron chi connectivity index (χ2n) is 5.28. The van der Waals surface area contributed by atoms with Gasteiger partial charge in [-0.2, -0.15) is 4.31 Å². The van der Waals surface area contributed by atoms with Gasteiger partial charge in [-0.3, -0.25) is 0 Å². The molecule has 1 aromatic rings. The van der Waals surface area contributed by atoms with Gasteiger partial charge in [0.2, 0.25) is 10.0 Å². The summed E-state index contributed by atoms with van der Waals surface area (Å²) in [5, 5.41) is 0. The summed E-state index contributed by atoms with van der Waals surface area (Å²) in [5.41, 5.74) is 5.67. The second-order valence-corrected chi connectivity index (χ2v) is 7.17. The fourth-order valence-corrected chi connectivity index (χ4v) is 4.46. The molecule has 0 radical (unpaired) electrons. The minimum absolute atomic E-state index is 0.0448. The van der Waals surface area contributed by atoms with Gasteiger partial charge in [-0.1, -0.05) is 0 Å². The number of sulfonamides is 1. The molecule has 1 fully saturated rings. The van der Waals surface area contributed by atoms with Crippen LogP contribution in [-0.2, 0) is 10.0 Å². The Kier molecular flexibility index (Phi) is 4.75. The summed E-state index contributed by atoms with van der Waals surface area (Å²) in [5.74, 6) is 1.13. The summed E-state index contributed by atoms with van der Waals surface area (Å²) in [4.78, 5) is 0.213. The zero-order valence-corrected chi connectivity index (χ0v) is 13.4. The van der Waals surface area contributed by atoms with Crippen molar-refractivity contribution >= 4 is 10.0 Å². The van der Waals surface area contributed by atoms with E-state index in [9.17, 15) is 8.42 Å². The van der Waals surface area contributed by atoms with Gasteiger partial charge in [-0.15, -0.1) is 0 Å². The number of nitrogens with two attached hydrogens (primary N) is 1. The van der Waals surface area contributed by atoms with Crippen LogP contribution in [0.1, 0.15) is 13.3 Å². The number of methoxy groups -OCH3 is 2. The molecule has 0 aromatic heterocycles. The van der Waals surface area contributed by atoms with E-state index in [2.05, 4.69) is 0 Å². The SMILES string of the molecule is COc1ccc(S(=O)(=O)N2CC(CN)CC2C)cc1OC. The van der Waals surface area contributed by atoms with Crippen molar-refractivity contribution in [3.05, 3.63) is 18.2 Å². The second kappa shape index (κ2) is 6.21. The first-order chi connectivity index (χ1) is 9.93. The van der Waals surface area contributed by atoms with Gasteiger partial charge in [0, 0.05) is 18.7 Å². The maximum Gasteiger partial charge on any atom is 0.243 e. The van der Waals surface area contributed by atoms with Crippen molar-refractivity contribution in [3.63, 3.8) is 0 Å². The van der Waals surface area contributed by atoms with E-state index in [0.717, 1.165) is 6.42 Å². The first-order valence-electron chi connectivity index (χ1n) is 6.88. The quantitative estimate of drug-likeness (QED) is 0.879. The van der Waals surface area contributed by atoms with E-state index >= 15 is 0 Å². The predicted molar refractivity (Wildman–Crippen MR) is 80.1 cm³/mol. The summed E-state index contributed by atoms with van der Waals surface area (Å²) < 4.78 is 37.4. The Morgan fingerprint density at radius 2 is 1.95 bits per heavy atom. The maximum absolute atomic E-state index is 12.8. The first kappa shape index (κ1) is 16.1. The number of benzene rings is 1. The molecule has 118 valence electrons. The molecule has 1 aliphatic heterocycles. The van der Waals surface area contributed by atoms with E-state index in [1.165, 1.54) is 24.6 Å². The van der Waals surface area contributed by atoms with Gasteiger partial charge in [-0.05, 0) is 37.9 Å². The van der Waals surface area contributed by atoms with Crippen LogP contribution in [0, 0.1) is 5.92 Å². The van der Waals surface area contributed by atoms with Crippen LogP contribution in [0.2, 0.25) is 0 Å². The number of rotatable bonds is 5. The van der Waals surface area contributed by atoms with Crippen molar-refractivity contribution in [1.82, 2.24) is 4.31 Å². The Hall–Kier alpha value is -1.31. The third kappa shape index (κ3) is 3.00. The average molecular weight is 314 g/mol. The molecule has 2 N–H and O–H groups in total. The molecule has 2 rings (SSSR count). The minimum atomic E-state index is -3.55. The lowest BCUT2D eigenvalue weighted by Gasteiger charge is -2.21. The van der Waals surface area contributed by atoms with Gasteiger partial charge in [0.25, 0.3) is 0 Å². The van der Waals surface area contributed by atoms with Crippen molar-refractivity contribution in [2.24, 2.45) is 11.7 Å². The molecule has 2 unspecified atom stereocenters. The largest absolute Gasteiger partial charge is 0.493 e. The van der Waals surface area contributed by atoms with Crippen molar-refractivity contribution in [1.29, 1.82) is 0 Å². The number of nitrogens with zero attached hydrogens (tertiary/aromatic N) is 1. The summed E-state index contributed by atoms with van der Waals surface area (Å²) in [6.45, 7) is 2.88. The molecule has 0 bridgehead atoms. The predicted octanol–water partition coefficient (Wildman–Crippen LogP) is 1.06. The van der Waals surface area contributed by atoms with Crippen LogP contribution >= 0.6 is 0 Å². The van der Waals surface area contributed by atoms with Crippen LogP contribution in [0.5, 0.6) is 11.5 Å². The van der Waals surface area contributed by atoms with E-state index in [4.69, 9.17) is 15.2 Å². The lowest BCUT2D eigenvalue weighted by Crippen LogP contribution is -2.34. The van der Waals surface area contributed by atoms with E-state index in [0.29, 0.717) is 24.6 Å². The molecular weight excluding hydrogens is 292 g/mol. The molecule has 21 heavy (non-hydrogen) atoms. The highest BCUT2D eigenvalue weighted by molar-refractivity contribution is 7.89. The van der Waals surface area contributed by atoms with Crippen LogP contribution in [0.15, 0.2) is 23.1 Å². The third-order valence-electron chi connectivity index (χ3n) is 3.90. The maximum atomic E-state index is 12.8. The molecule has 1 heterocycles. The Morgan fingerprint density at radius 1 is 1.29 bits per heavy atom. The highest BCUT2D eigenvalue weighted by Gasteiger charge is 2.37. The lowest BCUT2D eigenvalue weighted by atomic mass is 10.1. The van der Waals surface area contributed by atoms with Gasteiger partial charge in [0.1, 0.15) is 0 Å². The molecule has 2 atom stereocenters. The Morgan fingerprint density at radius 3 is 2.48 bits per heavy atom. The average Bonchev–Trinajstić information content (AvgIpc) is 2.88. The molecule has 1 aliphatic rings. The highest BCUT2D eigenvalue weighted by Crippen LogP contribution is 2.33. The van der Waals surface area contributed by atoms with Gasteiger partial charge < -0.3 is 15.2 Å². The van der Waals surface area contributed by atoms with Crippen molar-refractivity contribution in [2.75, 3.05) is 27.3 Å². The third-order valence-corrected chi connectivity index (χ3v) is 5.88. The molecule has 0 aliphatic carbocycles. The Labute approximate surface area is 125 Å². The molecule has 6 nitrogen and oxygen atoms in total. The van der Waals surface area contributed by atoms with Crippen molar-refractivity contribution in [3.8, 4) is 11.5 Å². The molecule has 0 amide bonds. The zero-order chi connectivity index (χ0) is 15.6. The highest BCUT2D eigenvalue weighted by atomic mass is 32.2. The number of ether oxygens (including phenoxy) is 2. The minimum Gasteiger partial charge on any atom is -0.493 e. The molecule has 1 saturated heterocycles. The van der Waals surface area contributed by atoms with Crippen LogP contribution < -0.4 is 15.2 Å².